The molecule has 0 spiro atoms. The van der Waals surface area contributed by atoms with Crippen molar-refractivity contribution in [1.29, 1.82) is 0 Å². The van der Waals surface area contributed by atoms with Gasteiger partial charge in [0, 0.05) is 18.5 Å². The summed E-state index contributed by atoms with van der Waals surface area (Å²) in [5.41, 5.74) is 4.21. The van der Waals surface area contributed by atoms with E-state index in [1.165, 1.54) is 6.26 Å². The van der Waals surface area contributed by atoms with Crippen LogP contribution in [0.2, 0.25) is 0 Å². The van der Waals surface area contributed by atoms with Crippen molar-refractivity contribution >= 4 is 26.7 Å². The lowest BCUT2D eigenvalue weighted by molar-refractivity contribution is 0.0926. The van der Waals surface area contributed by atoms with Gasteiger partial charge in [0.15, 0.2) is 9.84 Å². The molecule has 0 amide bonds. The molecule has 0 radical (unpaired) electrons. The maximum Gasteiger partial charge on any atom is 0.151 e. The van der Waals surface area contributed by atoms with Gasteiger partial charge in [-0.1, -0.05) is 6.92 Å². The second kappa shape index (κ2) is 8.33. The second-order valence-corrected chi connectivity index (χ2v) is 9.84. The van der Waals surface area contributed by atoms with Crippen LogP contribution >= 0.6 is 0 Å². The Morgan fingerprint density at radius 3 is 2.80 bits per heavy atom. The molecule has 1 aliphatic heterocycles. The van der Waals surface area contributed by atoms with Gasteiger partial charge in [0.1, 0.15) is 5.82 Å². The van der Waals surface area contributed by atoms with Gasteiger partial charge in [-0.3, -0.25) is 0 Å². The summed E-state index contributed by atoms with van der Waals surface area (Å²) in [4.78, 5) is 14.8. The summed E-state index contributed by atoms with van der Waals surface area (Å²) in [6, 6.07) is 9.39. The minimum Gasteiger partial charge on any atom is -0.390 e. The normalized spacial score (nSPS) is 17.6. The first-order valence-corrected chi connectivity index (χ1v) is 12.1. The van der Waals surface area contributed by atoms with E-state index in [1.807, 2.05) is 18.2 Å². The molecular weight excluding hydrogens is 404 g/mol. The van der Waals surface area contributed by atoms with E-state index in [4.69, 9.17) is 9.72 Å². The van der Waals surface area contributed by atoms with Crippen molar-refractivity contribution in [3.8, 4) is 11.4 Å². The number of nitrogens with zero attached hydrogens (tertiary/aromatic N) is 3. The van der Waals surface area contributed by atoms with Gasteiger partial charge >= 0.3 is 0 Å². The van der Waals surface area contributed by atoms with Crippen molar-refractivity contribution in [2.24, 2.45) is 0 Å². The highest BCUT2D eigenvalue weighted by atomic mass is 32.2. The summed E-state index contributed by atoms with van der Waals surface area (Å²) < 4.78 is 29.5. The molecule has 4 heterocycles. The molecule has 1 saturated heterocycles. The molecule has 4 rings (SSSR count). The van der Waals surface area contributed by atoms with Gasteiger partial charge in [0.2, 0.25) is 0 Å². The highest BCUT2D eigenvalue weighted by Crippen LogP contribution is 2.27. The van der Waals surface area contributed by atoms with Crippen molar-refractivity contribution in [2.75, 3.05) is 30.9 Å². The number of hydrogen-bond donors (Lipinski definition) is 2. The number of morpholine rings is 1. The maximum atomic E-state index is 12.0. The predicted octanol–water partition coefficient (Wildman–Crippen LogP) is 2.28. The number of aliphatic hydroxyl groups excluding tert-OH is 1. The van der Waals surface area contributed by atoms with Crippen molar-refractivity contribution in [3.63, 3.8) is 0 Å². The van der Waals surface area contributed by atoms with Crippen LogP contribution in [0.4, 0.5) is 5.82 Å². The summed E-state index contributed by atoms with van der Waals surface area (Å²) >= 11 is 0. The van der Waals surface area contributed by atoms with Crippen LogP contribution in [-0.4, -0.2) is 60.5 Å². The van der Waals surface area contributed by atoms with E-state index < -0.39 is 9.84 Å². The molecule has 0 unspecified atom stereocenters. The molecule has 0 aromatic carbocycles. The van der Waals surface area contributed by atoms with Crippen LogP contribution in [0.3, 0.4) is 0 Å². The highest BCUT2D eigenvalue weighted by Gasteiger charge is 2.24. The summed E-state index contributed by atoms with van der Waals surface area (Å²) in [5.74, 6) is 0.686. The molecular formula is C21H26N4O4S. The van der Waals surface area contributed by atoms with Gasteiger partial charge < -0.3 is 19.7 Å². The largest absolute Gasteiger partial charge is 0.390 e. The number of nitrogens with one attached hydrogen (secondary N) is 1. The van der Waals surface area contributed by atoms with E-state index in [1.54, 1.807) is 12.1 Å². The van der Waals surface area contributed by atoms with E-state index in [2.05, 4.69) is 21.8 Å². The third kappa shape index (κ3) is 4.48. The Morgan fingerprint density at radius 2 is 2.07 bits per heavy atom. The third-order valence-electron chi connectivity index (χ3n) is 5.26. The molecule has 3 aromatic rings. The Hall–Kier alpha value is -2.49. The number of ether oxygens (including phenoxy) is 1. The standard InChI is InChI=1S/C21H26N4O4S/c1-3-16-12-29-7-6-25(16)21-9-14(13-30(2,27)28)8-19(24-21)18-5-4-17-20(23-18)10-15(11-26)22-17/h4-5,8-10,16,22,26H,3,6-7,11-13H2,1-2H3/t16-/m1/s1. The van der Waals surface area contributed by atoms with Crippen LogP contribution in [0.25, 0.3) is 22.4 Å². The minimum absolute atomic E-state index is 0.0578. The molecule has 0 aliphatic carbocycles. The third-order valence-corrected chi connectivity index (χ3v) is 6.11. The molecule has 8 nitrogen and oxygen atoms in total. The Bertz CT molecular complexity index is 1160. The molecule has 0 saturated carbocycles. The van der Waals surface area contributed by atoms with Crippen LogP contribution < -0.4 is 4.90 Å². The number of aromatic amines is 1. The first-order valence-electron chi connectivity index (χ1n) is 9.99. The lowest BCUT2D eigenvalue weighted by Crippen LogP contribution is -2.45. The second-order valence-electron chi connectivity index (χ2n) is 7.70. The number of aromatic nitrogens is 3. The molecule has 0 bridgehead atoms. The van der Waals surface area contributed by atoms with Crippen LogP contribution in [0.5, 0.6) is 0 Å². The average molecular weight is 431 g/mol. The first kappa shape index (κ1) is 20.8. The quantitative estimate of drug-likeness (QED) is 0.617. The first-order chi connectivity index (χ1) is 14.4. The number of aliphatic hydroxyl groups is 1. The van der Waals surface area contributed by atoms with E-state index in [-0.39, 0.29) is 18.4 Å². The zero-order valence-electron chi connectivity index (χ0n) is 17.1. The summed E-state index contributed by atoms with van der Waals surface area (Å²) in [7, 11) is -3.20. The molecule has 2 N–H and O–H groups in total. The molecule has 160 valence electrons. The van der Waals surface area contributed by atoms with Gasteiger partial charge in [0.25, 0.3) is 0 Å². The van der Waals surface area contributed by atoms with Crippen LogP contribution in [-0.2, 0) is 26.9 Å². The Balaban J connectivity index is 1.80. The summed E-state index contributed by atoms with van der Waals surface area (Å²) in [5, 5.41) is 9.35. The summed E-state index contributed by atoms with van der Waals surface area (Å²) in [6.07, 6.45) is 2.14. The predicted molar refractivity (Wildman–Crippen MR) is 116 cm³/mol. The number of rotatable bonds is 6. The van der Waals surface area contributed by atoms with Gasteiger partial charge in [-0.15, -0.1) is 0 Å². The smallest absolute Gasteiger partial charge is 0.151 e. The Kier molecular flexibility index (Phi) is 5.77. The van der Waals surface area contributed by atoms with Crippen molar-refractivity contribution in [1.82, 2.24) is 15.0 Å². The minimum atomic E-state index is -3.20. The fourth-order valence-electron chi connectivity index (χ4n) is 3.82. The zero-order chi connectivity index (χ0) is 21.3. The number of sulfone groups is 1. The van der Waals surface area contributed by atoms with Crippen LogP contribution in [0, 0.1) is 0 Å². The van der Waals surface area contributed by atoms with E-state index in [0.717, 1.165) is 23.3 Å². The Morgan fingerprint density at radius 1 is 1.23 bits per heavy atom. The van der Waals surface area contributed by atoms with Gasteiger partial charge in [-0.05, 0) is 42.3 Å². The topological polar surface area (TPSA) is 108 Å². The monoisotopic (exact) mass is 430 g/mol. The van der Waals surface area contributed by atoms with E-state index >= 15 is 0 Å². The van der Waals surface area contributed by atoms with Crippen molar-refractivity contribution in [3.05, 3.63) is 41.6 Å². The number of H-pyrrole nitrogens is 1. The lowest BCUT2D eigenvalue weighted by atomic mass is 10.1. The van der Waals surface area contributed by atoms with Gasteiger partial charge in [-0.2, -0.15) is 0 Å². The van der Waals surface area contributed by atoms with Crippen LogP contribution in [0.1, 0.15) is 24.6 Å². The molecule has 3 aromatic heterocycles. The Labute approximate surface area is 175 Å². The fraction of sp³-hybridized carbons (Fsp3) is 0.429. The number of fused-ring (bicyclic) bond motifs is 1. The molecule has 1 aliphatic rings. The molecule has 9 heteroatoms. The van der Waals surface area contributed by atoms with Crippen LogP contribution in [0.15, 0.2) is 30.3 Å². The molecule has 30 heavy (non-hydrogen) atoms. The average Bonchev–Trinajstić information content (AvgIpc) is 3.14. The zero-order valence-corrected chi connectivity index (χ0v) is 17.9. The number of pyridine rings is 2. The van der Waals surface area contributed by atoms with E-state index in [0.29, 0.717) is 42.4 Å². The van der Waals surface area contributed by atoms with Gasteiger partial charge in [-0.25, -0.2) is 18.4 Å². The van der Waals surface area contributed by atoms with E-state index in [9.17, 15) is 13.5 Å². The van der Waals surface area contributed by atoms with Crippen molar-refractivity contribution < 1.29 is 18.3 Å². The number of anilines is 1. The fourth-order valence-corrected chi connectivity index (χ4v) is 4.59. The SMILES string of the molecule is CC[C@@H]1COCCN1c1cc(CS(C)(=O)=O)cc(-c2ccc3[nH]c(CO)cc3n2)n1. The lowest BCUT2D eigenvalue weighted by Gasteiger charge is -2.36. The number of hydrogen-bond acceptors (Lipinski definition) is 7. The van der Waals surface area contributed by atoms with Crippen molar-refractivity contribution in [2.45, 2.75) is 31.7 Å². The summed E-state index contributed by atoms with van der Waals surface area (Å²) in [6.45, 7) is 3.96. The molecule has 1 atom stereocenters. The van der Waals surface area contributed by atoms with Gasteiger partial charge in [0.05, 0.1) is 54.0 Å². The maximum absolute atomic E-state index is 12.0. The molecule has 1 fully saturated rings. The highest BCUT2D eigenvalue weighted by molar-refractivity contribution is 7.89.